The lowest BCUT2D eigenvalue weighted by Gasteiger charge is -2.20. The SMILES string of the molecule is COc1cccc(-c2nc(=S)c3c([nH]2)Oc2ccc(Br)cc2C3)c1. The van der Waals surface area contributed by atoms with Gasteiger partial charge in [0.05, 0.1) is 12.7 Å². The second-order valence-electron chi connectivity index (χ2n) is 5.46. The predicted octanol–water partition coefficient (Wildman–Crippen LogP) is 5.27. The van der Waals surface area contributed by atoms with Crippen molar-refractivity contribution in [3.05, 3.63) is 62.7 Å². The number of hydrogen-bond acceptors (Lipinski definition) is 4. The molecule has 24 heavy (non-hydrogen) atoms. The van der Waals surface area contributed by atoms with E-state index in [1.165, 1.54) is 0 Å². The minimum atomic E-state index is 0.548. The van der Waals surface area contributed by atoms with Crippen LogP contribution in [0.2, 0.25) is 0 Å². The Morgan fingerprint density at radius 1 is 1.25 bits per heavy atom. The minimum absolute atomic E-state index is 0.548. The molecule has 4 nitrogen and oxygen atoms in total. The first kappa shape index (κ1) is 15.4. The van der Waals surface area contributed by atoms with Crippen LogP contribution in [0.5, 0.6) is 17.4 Å². The molecule has 0 saturated carbocycles. The maximum absolute atomic E-state index is 6.02. The van der Waals surface area contributed by atoms with Crippen molar-refractivity contribution in [1.29, 1.82) is 0 Å². The number of halogens is 1. The van der Waals surface area contributed by atoms with Crippen molar-refractivity contribution in [3.8, 4) is 28.8 Å². The molecule has 0 bridgehead atoms. The number of methoxy groups -OCH3 is 1. The van der Waals surface area contributed by atoms with Gasteiger partial charge in [-0.2, -0.15) is 0 Å². The molecular weight excluding hydrogens is 388 g/mol. The van der Waals surface area contributed by atoms with Gasteiger partial charge in [-0.15, -0.1) is 0 Å². The summed E-state index contributed by atoms with van der Waals surface area (Å²) in [5, 5.41) is 0. The Hall–Kier alpha value is -2.18. The van der Waals surface area contributed by atoms with E-state index in [1.54, 1.807) is 7.11 Å². The van der Waals surface area contributed by atoms with Crippen LogP contribution in [0, 0.1) is 4.64 Å². The van der Waals surface area contributed by atoms with E-state index < -0.39 is 0 Å². The van der Waals surface area contributed by atoms with Gasteiger partial charge in [0.1, 0.15) is 22.0 Å². The van der Waals surface area contributed by atoms with E-state index in [0.717, 1.165) is 32.7 Å². The lowest BCUT2D eigenvalue weighted by molar-refractivity contribution is 0.415. The molecule has 0 atom stereocenters. The molecule has 0 amide bonds. The topological polar surface area (TPSA) is 47.1 Å². The van der Waals surface area contributed by atoms with E-state index in [0.29, 0.717) is 22.8 Å². The molecule has 0 radical (unpaired) electrons. The first-order valence-corrected chi connectivity index (χ1v) is 8.58. The number of aromatic amines is 1. The molecule has 4 rings (SSSR count). The number of H-pyrrole nitrogens is 1. The van der Waals surface area contributed by atoms with Crippen LogP contribution in [0.25, 0.3) is 11.4 Å². The van der Waals surface area contributed by atoms with Crippen molar-refractivity contribution in [2.45, 2.75) is 6.42 Å². The summed E-state index contributed by atoms with van der Waals surface area (Å²) in [6, 6.07) is 13.6. The molecule has 0 saturated heterocycles. The Bertz CT molecular complexity index is 1000. The molecular formula is C18H13BrN2O2S. The standard InChI is InChI=1S/C18H13BrN2O2S/c1-22-13-4-2-3-10(8-13)16-20-17-14(18(24)21-16)9-11-7-12(19)5-6-15(11)23-17/h2-8H,9H2,1H3,(H,20,21,24). The molecule has 0 aliphatic carbocycles. The van der Waals surface area contributed by atoms with Gasteiger partial charge in [-0.25, -0.2) is 4.98 Å². The van der Waals surface area contributed by atoms with Gasteiger partial charge in [0.25, 0.3) is 0 Å². The van der Waals surface area contributed by atoms with Crippen LogP contribution in [0.1, 0.15) is 11.1 Å². The van der Waals surface area contributed by atoms with Gasteiger partial charge in [-0.3, -0.25) is 0 Å². The molecule has 0 fully saturated rings. The summed E-state index contributed by atoms with van der Waals surface area (Å²) >= 11 is 8.98. The number of benzene rings is 2. The van der Waals surface area contributed by atoms with Crippen LogP contribution in [-0.2, 0) is 6.42 Å². The van der Waals surface area contributed by atoms with Crippen LogP contribution in [0.4, 0.5) is 0 Å². The van der Waals surface area contributed by atoms with Gasteiger partial charge in [-0.1, -0.05) is 40.3 Å². The second-order valence-corrected chi connectivity index (χ2v) is 6.76. The van der Waals surface area contributed by atoms with Crippen LogP contribution in [0.3, 0.4) is 0 Å². The molecule has 3 aromatic rings. The zero-order valence-electron chi connectivity index (χ0n) is 12.8. The number of nitrogens with one attached hydrogen (secondary N) is 1. The number of nitrogens with zero attached hydrogens (tertiary/aromatic N) is 1. The summed E-state index contributed by atoms with van der Waals surface area (Å²) in [7, 11) is 1.64. The number of fused-ring (bicyclic) bond motifs is 2. The summed E-state index contributed by atoms with van der Waals surface area (Å²) in [5.41, 5.74) is 2.89. The average Bonchev–Trinajstić information content (AvgIpc) is 2.60. The molecule has 1 aliphatic heterocycles. The fourth-order valence-electron chi connectivity index (χ4n) is 2.71. The first-order valence-electron chi connectivity index (χ1n) is 7.38. The Balaban J connectivity index is 1.80. The van der Waals surface area contributed by atoms with Gasteiger partial charge < -0.3 is 14.5 Å². The van der Waals surface area contributed by atoms with E-state index in [9.17, 15) is 0 Å². The van der Waals surface area contributed by atoms with E-state index in [-0.39, 0.29) is 0 Å². The van der Waals surface area contributed by atoms with Crippen molar-refractivity contribution in [3.63, 3.8) is 0 Å². The first-order chi connectivity index (χ1) is 11.6. The van der Waals surface area contributed by atoms with Crippen molar-refractivity contribution < 1.29 is 9.47 Å². The second kappa shape index (κ2) is 6.03. The average molecular weight is 401 g/mol. The molecule has 2 heterocycles. The van der Waals surface area contributed by atoms with Crippen molar-refractivity contribution in [2.24, 2.45) is 0 Å². The third-order valence-electron chi connectivity index (χ3n) is 3.92. The number of aromatic nitrogens is 2. The maximum Gasteiger partial charge on any atom is 0.205 e. The van der Waals surface area contributed by atoms with E-state index in [2.05, 4.69) is 25.9 Å². The molecule has 1 N–H and O–H groups in total. The van der Waals surface area contributed by atoms with Crippen molar-refractivity contribution in [1.82, 2.24) is 9.97 Å². The summed E-state index contributed by atoms with van der Waals surface area (Å²) < 4.78 is 12.9. The zero-order chi connectivity index (χ0) is 16.7. The molecule has 1 aromatic heterocycles. The number of ether oxygens (including phenoxy) is 2. The third kappa shape index (κ3) is 2.72. The Morgan fingerprint density at radius 2 is 2.12 bits per heavy atom. The smallest absolute Gasteiger partial charge is 0.205 e. The fraction of sp³-hybridized carbons (Fsp3) is 0.111. The zero-order valence-corrected chi connectivity index (χ0v) is 15.2. The number of hydrogen-bond donors (Lipinski definition) is 1. The predicted molar refractivity (Wildman–Crippen MR) is 98.4 cm³/mol. The van der Waals surface area contributed by atoms with Gasteiger partial charge in [0.15, 0.2) is 0 Å². The summed E-state index contributed by atoms with van der Waals surface area (Å²) in [6.07, 6.45) is 0.699. The highest BCUT2D eigenvalue weighted by molar-refractivity contribution is 9.10. The largest absolute Gasteiger partial charge is 0.497 e. The van der Waals surface area contributed by atoms with Gasteiger partial charge >= 0.3 is 0 Å². The monoisotopic (exact) mass is 400 g/mol. The normalized spacial score (nSPS) is 12.1. The molecule has 0 spiro atoms. The summed E-state index contributed by atoms with van der Waals surface area (Å²) in [4.78, 5) is 7.80. The van der Waals surface area contributed by atoms with Crippen LogP contribution in [-0.4, -0.2) is 17.1 Å². The molecule has 120 valence electrons. The Kier molecular flexibility index (Phi) is 3.86. The molecule has 0 unspecified atom stereocenters. The highest BCUT2D eigenvalue weighted by Gasteiger charge is 2.21. The Morgan fingerprint density at radius 3 is 2.96 bits per heavy atom. The van der Waals surface area contributed by atoms with Crippen LogP contribution in [0.15, 0.2) is 46.9 Å². The summed E-state index contributed by atoms with van der Waals surface area (Å²) in [6.45, 7) is 0. The quantitative estimate of drug-likeness (QED) is 0.465. The molecule has 6 heteroatoms. The van der Waals surface area contributed by atoms with Crippen LogP contribution >= 0.6 is 28.1 Å². The highest BCUT2D eigenvalue weighted by Crippen LogP contribution is 2.37. The minimum Gasteiger partial charge on any atom is -0.497 e. The lowest BCUT2D eigenvalue weighted by atomic mass is 10.0. The maximum atomic E-state index is 6.02. The number of rotatable bonds is 2. The Labute approximate surface area is 152 Å². The molecule has 1 aliphatic rings. The molecule has 2 aromatic carbocycles. The van der Waals surface area contributed by atoms with Gasteiger partial charge in [0.2, 0.25) is 5.88 Å². The lowest BCUT2D eigenvalue weighted by Crippen LogP contribution is -2.08. The van der Waals surface area contributed by atoms with Crippen molar-refractivity contribution in [2.75, 3.05) is 7.11 Å². The highest BCUT2D eigenvalue weighted by atomic mass is 79.9. The van der Waals surface area contributed by atoms with Gasteiger partial charge in [-0.05, 0) is 30.3 Å². The van der Waals surface area contributed by atoms with Crippen LogP contribution < -0.4 is 9.47 Å². The van der Waals surface area contributed by atoms with Gasteiger partial charge in [0, 0.05) is 22.0 Å². The van der Waals surface area contributed by atoms with E-state index >= 15 is 0 Å². The summed E-state index contributed by atoms with van der Waals surface area (Å²) in [5.74, 6) is 2.92. The third-order valence-corrected chi connectivity index (χ3v) is 4.75. The fourth-order valence-corrected chi connectivity index (χ4v) is 3.38. The van der Waals surface area contributed by atoms with E-state index in [1.807, 2.05) is 42.5 Å². The van der Waals surface area contributed by atoms with E-state index in [4.69, 9.17) is 21.7 Å². The van der Waals surface area contributed by atoms with Crippen molar-refractivity contribution >= 4 is 28.1 Å².